The maximum Gasteiger partial charge on any atom is 0.289 e. The van der Waals surface area contributed by atoms with E-state index >= 15 is 0 Å². The van der Waals surface area contributed by atoms with E-state index in [0.29, 0.717) is 38.5 Å². The first-order valence-electron chi connectivity index (χ1n) is 9.69. The molecule has 1 aromatic carbocycles. The van der Waals surface area contributed by atoms with Crippen LogP contribution in [-0.2, 0) is 0 Å². The first-order chi connectivity index (χ1) is 14.1. The quantitative estimate of drug-likeness (QED) is 0.353. The maximum atomic E-state index is 12.4. The summed E-state index contributed by atoms with van der Waals surface area (Å²) >= 11 is 0. The van der Waals surface area contributed by atoms with E-state index in [2.05, 4.69) is 15.2 Å². The molecule has 1 N–H and O–H groups in total. The number of benzene rings is 1. The molecule has 0 bridgehead atoms. The van der Waals surface area contributed by atoms with Gasteiger partial charge >= 0.3 is 0 Å². The molecule has 9 heteroatoms. The number of nitrogens with zero attached hydrogens (tertiary/aromatic N) is 3. The van der Waals surface area contributed by atoms with E-state index in [1.807, 2.05) is 31.2 Å². The van der Waals surface area contributed by atoms with Gasteiger partial charge in [0, 0.05) is 33.2 Å². The highest BCUT2D eigenvalue weighted by Gasteiger charge is 2.25. The van der Waals surface area contributed by atoms with Crippen LogP contribution in [0.15, 0.2) is 52.1 Å². The van der Waals surface area contributed by atoms with Gasteiger partial charge in [-0.25, -0.2) is 0 Å². The van der Waals surface area contributed by atoms with Gasteiger partial charge in [-0.3, -0.25) is 9.79 Å². The Morgan fingerprint density at radius 1 is 1.13 bits per heavy atom. The van der Waals surface area contributed by atoms with Gasteiger partial charge < -0.3 is 29.0 Å². The van der Waals surface area contributed by atoms with Crippen LogP contribution in [0, 0.1) is 0 Å². The van der Waals surface area contributed by atoms with Gasteiger partial charge in [0.2, 0.25) is 0 Å². The summed E-state index contributed by atoms with van der Waals surface area (Å²) in [5.41, 5.74) is 0. The molecule has 1 saturated heterocycles. The van der Waals surface area contributed by atoms with Gasteiger partial charge in [-0.2, -0.15) is 0 Å². The van der Waals surface area contributed by atoms with Crippen LogP contribution in [0.5, 0.6) is 11.5 Å². The topological polar surface area (TPSA) is 79.5 Å². The number of furan rings is 1. The second kappa shape index (κ2) is 11.7. The molecule has 1 aromatic heterocycles. The second-order valence-corrected chi connectivity index (χ2v) is 6.79. The van der Waals surface area contributed by atoms with Crippen LogP contribution in [0.4, 0.5) is 0 Å². The number of halogens is 1. The molecule has 2 heterocycles. The predicted molar refractivity (Wildman–Crippen MR) is 126 cm³/mol. The van der Waals surface area contributed by atoms with Crippen molar-refractivity contribution in [3.63, 3.8) is 0 Å². The molecule has 2 aromatic rings. The number of aliphatic imine (C=N–C) groups is 1. The fourth-order valence-electron chi connectivity index (χ4n) is 3.17. The smallest absolute Gasteiger partial charge is 0.289 e. The van der Waals surface area contributed by atoms with Gasteiger partial charge in [0.25, 0.3) is 5.91 Å². The molecule has 1 aliphatic rings. The standard InChI is InChI=1S/C21H28N4O4.HI/c1-16(29-18-8-6-17(27-3)7-9-18)15-23-21(22-2)25-12-10-24(11-13-25)20(26)19-5-4-14-28-19;/h4-9,14,16H,10-13,15H2,1-3H3,(H,22,23);1H. The van der Waals surface area contributed by atoms with Crippen LogP contribution in [0.25, 0.3) is 0 Å². The molecule has 1 atom stereocenters. The minimum Gasteiger partial charge on any atom is -0.497 e. The second-order valence-electron chi connectivity index (χ2n) is 6.79. The fraction of sp³-hybridized carbons (Fsp3) is 0.429. The summed E-state index contributed by atoms with van der Waals surface area (Å²) in [6, 6.07) is 10.9. The molecule has 1 amide bonds. The molecule has 164 valence electrons. The third-order valence-electron chi connectivity index (χ3n) is 4.75. The van der Waals surface area contributed by atoms with Crippen molar-refractivity contribution in [3.8, 4) is 11.5 Å². The molecule has 1 unspecified atom stereocenters. The van der Waals surface area contributed by atoms with E-state index in [1.165, 1.54) is 6.26 Å². The molecule has 1 aliphatic heterocycles. The number of rotatable bonds is 6. The molecule has 3 rings (SSSR count). The molecule has 0 spiro atoms. The van der Waals surface area contributed by atoms with Crippen molar-refractivity contribution in [3.05, 3.63) is 48.4 Å². The van der Waals surface area contributed by atoms with E-state index in [-0.39, 0.29) is 36.0 Å². The molecule has 0 aliphatic carbocycles. The van der Waals surface area contributed by atoms with E-state index in [1.54, 1.807) is 31.2 Å². The summed E-state index contributed by atoms with van der Waals surface area (Å²) in [6.45, 7) is 5.28. The summed E-state index contributed by atoms with van der Waals surface area (Å²) in [6.07, 6.45) is 1.48. The lowest BCUT2D eigenvalue weighted by Gasteiger charge is -2.36. The monoisotopic (exact) mass is 528 g/mol. The van der Waals surface area contributed by atoms with Crippen LogP contribution < -0.4 is 14.8 Å². The first-order valence-corrected chi connectivity index (χ1v) is 9.69. The summed E-state index contributed by atoms with van der Waals surface area (Å²) in [4.78, 5) is 20.7. The van der Waals surface area contributed by atoms with Crippen LogP contribution in [-0.4, -0.2) is 74.7 Å². The van der Waals surface area contributed by atoms with Crippen molar-refractivity contribution in [2.75, 3.05) is 46.9 Å². The largest absolute Gasteiger partial charge is 0.497 e. The zero-order chi connectivity index (χ0) is 20.6. The number of amides is 1. The zero-order valence-electron chi connectivity index (χ0n) is 17.5. The molecule has 0 radical (unpaired) electrons. The first kappa shape index (κ1) is 23.8. The minimum atomic E-state index is -0.0703. The van der Waals surface area contributed by atoms with Crippen LogP contribution in [0.2, 0.25) is 0 Å². The van der Waals surface area contributed by atoms with Crippen LogP contribution >= 0.6 is 24.0 Å². The number of nitrogens with one attached hydrogen (secondary N) is 1. The maximum absolute atomic E-state index is 12.4. The van der Waals surface area contributed by atoms with Gasteiger partial charge in [-0.15, -0.1) is 24.0 Å². The summed E-state index contributed by atoms with van der Waals surface area (Å²) in [5.74, 6) is 2.71. The molecule has 0 saturated carbocycles. The average Bonchev–Trinajstić information content (AvgIpc) is 3.29. The Bertz CT molecular complexity index is 803. The number of ether oxygens (including phenoxy) is 2. The van der Waals surface area contributed by atoms with Crippen molar-refractivity contribution >= 4 is 35.8 Å². The van der Waals surface area contributed by atoms with E-state index in [4.69, 9.17) is 13.9 Å². The zero-order valence-corrected chi connectivity index (χ0v) is 19.9. The predicted octanol–water partition coefficient (Wildman–Crippen LogP) is 2.71. The number of hydrogen-bond donors (Lipinski definition) is 1. The minimum absolute atomic E-state index is 0. The Morgan fingerprint density at radius 2 is 1.77 bits per heavy atom. The van der Waals surface area contributed by atoms with Crippen molar-refractivity contribution in [1.29, 1.82) is 0 Å². The van der Waals surface area contributed by atoms with E-state index in [0.717, 1.165) is 17.5 Å². The average molecular weight is 528 g/mol. The lowest BCUT2D eigenvalue weighted by molar-refractivity contribution is 0.0657. The lowest BCUT2D eigenvalue weighted by atomic mass is 10.3. The van der Waals surface area contributed by atoms with Crippen LogP contribution in [0.1, 0.15) is 17.5 Å². The number of hydrogen-bond acceptors (Lipinski definition) is 5. The SMILES string of the molecule is CN=C(NCC(C)Oc1ccc(OC)cc1)N1CCN(C(=O)c2ccco2)CC1.I. The van der Waals surface area contributed by atoms with Crippen LogP contribution in [0.3, 0.4) is 0 Å². The fourth-order valence-corrected chi connectivity index (χ4v) is 3.17. The van der Waals surface area contributed by atoms with Crippen molar-refractivity contribution in [1.82, 2.24) is 15.1 Å². The van der Waals surface area contributed by atoms with Crippen molar-refractivity contribution in [2.45, 2.75) is 13.0 Å². The third kappa shape index (κ3) is 6.28. The Kier molecular flexibility index (Phi) is 9.28. The summed E-state index contributed by atoms with van der Waals surface area (Å²) in [7, 11) is 3.40. The van der Waals surface area contributed by atoms with Crippen molar-refractivity contribution < 1.29 is 18.7 Å². The molecule has 30 heavy (non-hydrogen) atoms. The third-order valence-corrected chi connectivity index (χ3v) is 4.75. The molecule has 1 fully saturated rings. The molecule has 8 nitrogen and oxygen atoms in total. The normalized spacial score (nSPS) is 15.2. The van der Waals surface area contributed by atoms with E-state index < -0.39 is 0 Å². The Morgan fingerprint density at radius 3 is 2.33 bits per heavy atom. The number of methoxy groups -OCH3 is 1. The van der Waals surface area contributed by atoms with Crippen molar-refractivity contribution in [2.24, 2.45) is 4.99 Å². The van der Waals surface area contributed by atoms with E-state index in [9.17, 15) is 4.79 Å². The molecular weight excluding hydrogens is 499 g/mol. The van der Waals surface area contributed by atoms with Gasteiger partial charge in [-0.1, -0.05) is 0 Å². The lowest BCUT2D eigenvalue weighted by Crippen LogP contribution is -2.54. The number of carbonyl (C=O) groups is 1. The van der Waals surface area contributed by atoms with Gasteiger partial charge in [-0.05, 0) is 43.3 Å². The highest BCUT2D eigenvalue weighted by atomic mass is 127. The molecular formula is C21H29IN4O4. The van der Waals surface area contributed by atoms with Gasteiger partial charge in [0.05, 0.1) is 19.9 Å². The summed E-state index contributed by atoms with van der Waals surface area (Å²) in [5, 5.41) is 3.36. The highest BCUT2D eigenvalue weighted by molar-refractivity contribution is 14.0. The van der Waals surface area contributed by atoms with Gasteiger partial charge in [0.1, 0.15) is 17.6 Å². The Labute approximate surface area is 194 Å². The summed E-state index contributed by atoms with van der Waals surface area (Å²) < 4.78 is 16.3. The highest BCUT2D eigenvalue weighted by Crippen LogP contribution is 2.18. The number of guanidine groups is 1. The Hall–Kier alpha value is -2.43. The van der Waals surface area contributed by atoms with Gasteiger partial charge in [0.15, 0.2) is 11.7 Å². The number of piperazine rings is 1. The number of carbonyl (C=O) groups excluding carboxylic acids is 1. The Balaban J connectivity index is 0.00000320.